The lowest BCUT2D eigenvalue weighted by Crippen LogP contribution is -2.29. The van der Waals surface area contributed by atoms with E-state index in [0.717, 1.165) is 5.56 Å². The van der Waals surface area contributed by atoms with E-state index in [0.29, 0.717) is 10.0 Å². The van der Waals surface area contributed by atoms with Gasteiger partial charge in [0.05, 0.1) is 6.42 Å². The average molecular weight is 324 g/mol. The van der Waals surface area contributed by atoms with Gasteiger partial charge in [0.15, 0.2) is 0 Å². The first kappa shape index (κ1) is 15.5. The number of hydrogen-bond donors (Lipinski definition) is 1. The SMILES string of the molecule is CC(NCC1CC(F)(F)C(=O)O1)c1ccc(Cl)cc1Cl. The van der Waals surface area contributed by atoms with Crippen LogP contribution >= 0.6 is 23.2 Å². The molecule has 1 fully saturated rings. The highest BCUT2D eigenvalue weighted by atomic mass is 35.5. The molecule has 110 valence electrons. The fourth-order valence-corrected chi connectivity index (χ4v) is 2.61. The normalized spacial score (nSPS) is 22.6. The van der Waals surface area contributed by atoms with Gasteiger partial charge in [0.1, 0.15) is 6.10 Å². The van der Waals surface area contributed by atoms with Gasteiger partial charge in [0.25, 0.3) is 0 Å². The Morgan fingerprint density at radius 2 is 2.20 bits per heavy atom. The highest BCUT2D eigenvalue weighted by Gasteiger charge is 2.50. The van der Waals surface area contributed by atoms with Crippen molar-refractivity contribution in [2.45, 2.75) is 31.4 Å². The molecule has 2 unspecified atom stereocenters. The van der Waals surface area contributed by atoms with Gasteiger partial charge in [0, 0.05) is 22.6 Å². The van der Waals surface area contributed by atoms with Crippen LogP contribution in [0, 0.1) is 0 Å². The molecule has 1 saturated heterocycles. The Labute approximate surface area is 125 Å². The number of rotatable bonds is 4. The third-order valence-corrected chi connectivity index (χ3v) is 3.70. The second-order valence-electron chi connectivity index (χ2n) is 4.73. The van der Waals surface area contributed by atoms with Crippen LogP contribution < -0.4 is 5.32 Å². The summed E-state index contributed by atoms with van der Waals surface area (Å²) in [5.41, 5.74) is 0.798. The van der Waals surface area contributed by atoms with Crippen LogP contribution in [0.5, 0.6) is 0 Å². The maximum absolute atomic E-state index is 13.0. The maximum Gasteiger partial charge on any atom is 0.377 e. The van der Waals surface area contributed by atoms with Crippen molar-refractivity contribution in [1.29, 1.82) is 0 Å². The molecule has 0 spiro atoms. The van der Waals surface area contributed by atoms with Crippen molar-refractivity contribution in [3.8, 4) is 0 Å². The van der Waals surface area contributed by atoms with E-state index >= 15 is 0 Å². The molecule has 20 heavy (non-hydrogen) atoms. The fourth-order valence-electron chi connectivity index (χ4n) is 2.03. The molecule has 1 heterocycles. The number of halogens is 4. The first-order valence-electron chi connectivity index (χ1n) is 6.07. The van der Waals surface area contributed by atoms with Crippen LogP contribution in [0.15, 0.2) is 18.2 Å². The van der Waals surface area contributed by atoms with E-state index in [2.05, 4.69) is 10.1 Å². The average Bonchev–Trinajstić information content (AvgIpc) is 2.60. The van der Waals surface area contributed by atoms with Crippen LogP contribution in [0.1, 0.15) is 24.9 Å². The summed E-state index contributed by atoms with van der Waals surface area (Å²) >= 11 is 11.9. The van der Waals surface area contributed by atoms with E-state index in [4.69, 9.17) is 23.2 Å². The molecule has 7 heteroatoms. The number of nitrogens with one attached hydrogen (secondary N) is 1. The standard InChI is InChI=1S/C13H13Cl2F2NO2/c1-7(10-3-2-8(14)4-11(10)15)18-6-9-5-13(16,17)12(19)20-9/h2-4,7,9,18H,5-6H2,1H3. The summed E-state index contributed by atoms with van der Waals surface area (Å²) < 4.78 is 30.6. The number of esters is 1. The number of carbonyl (C=O) groups excluding carboxylic acids is 1. The Bertz CT molecular complexity index is 525. The minimum absolute atomic E-state index is 0.140. The van der Waals surface area contributed by atoms with Crippen LogP contribution in [-0.4, -0.2) is 24.5 Å². The topological polar surface area (TPSA) is 38.3 Å². The molecular weight excluding hydrogens is 311 g/mol. The van der Waals surface area contributed by atoms with Gasteiger partial charge in [0.2, 0.25) is 0 Å². The van der Waals surface area contributed by atoms with Gasteiger partial charge < -0.3 is 10.1 Å². The number of carbonyl (C=O) groups is 1. The molecule has 1 aliphatic heterocycles. The lowest BCUT2D eigenvalue weighted by atomic mass is 10.1. The molecule has 2 atom stereocenters. The molecule has 1 aliphatic rings. The number of cyclic esters (lactones) is 1. The summed E-state index contributed by atoms with van der Waals surface area (Å²) in [6.45, 7) is 1.98. The Hall–Kier alpha value is -0.910. The second kappa shape index (κ2) is 5.84. The third-order valence-electron chi connectivity index (χ3n) is 3.14. The molecule has 0 saturated carbocycles. The van der Waals surface area contributed by atoms with E-state index in [-0.39, 0.29) is 12.6 Å². The first-order chi connectivity index (χ1) is 9.29. The summed E-state index contributed by atoms with van der Waals surface area (Å²) in [6, 6.07) is 4.90. The number of benzene rings is 1. The van der Waals surface area contributed by atoms with Crippen LogP contribution in [0.4, 0.5) is 8.78 Å². The van der Waals surface area contributed by atoms with E-state index in [1.165, 1.54) is 0 Å². The van der Waals surface area contributed by atoms with Crippen LogP contribution in [0.2, 0.25) is 10.0 Å². The van der Waals surface area contributed by atoms with Crippen molar-refractivity contribution in [2.24, 2.45) is 0 Å². The maximum atomic E-state index is 13.0. The lowest BCUT2D eigenvalue weighted by molar-refractivity contribution is -0.159. The molecule has 1 aromatic rings. The predicted molar refractivity (Wildman–Crippen MR) is 72.3 cm³/mol. The molecule has 0 bridgehead atoms. The quantitative estimate of drug-likeness (QED) is 0.860. The van der Waals surface area contributed by atoms with Gasteiger partial charge in [-0.15, -0.1) is 0 Å². The van der Waals surface area contributed by atoms with E-state index in [9.17, 15) is 13.6 Å². The van der Waals surface area contributed by atoms with Crippen molar-refractivity contribution in [3.05, 3.63) is 33.8 Å². The molecule has 1 aromatic carbocycles. The molecule has 3 nitrogen and oxygen atoms in total. The molecule has 0 radical (unpaired) electrons. The lowest BCUT2D eigenvalue weighted by Gasteiger charge is -2.18. The fraction of sp³-hybridized carbons (Fsp3) is 0.462. The zero-order valence-electron chi connectivity index (χ0n) is 10.6. The summed E-state index contributed by atoms with van der Waals surface area (Å²) in [5.74, 6) is -4.84. The van der Waals surface area contributed by atoms with Gasteiger partial charge in [-0.05, 0) is 24.6 Å². The smallest absolute Gasteiger partial charge is 0.377 e. The zero-order chi connectivity index (χ0) is 14.9. The van der Waals surface area contributed by atoms with Gasteiger partial charge in [-0.1, -0.05) is 29.3 Å². The van der Waals surface area contributed by atoms with Crippen molar-refractivity contribution in [2.75, 3.05) is 6.54 Å². The highest BCUT2D eigenvalue weighted by Crippen LogP contribution is 2.31. The monoisotopic (exact) mass is 323 g/mol. The van der Waals surface area contributed by atoms with Crippen LogP contribution in [0.3, 0.4) is 0 Å². The molecule has 0 amide bonds. The summed E-state index contributed by atoms with van der Waals surface area (Å²) in [4.78, 5) is 10.9. The molecule has 0 aromatic heterocycles. The number of alkyl halides is 2. The van der Waals surface area contributed by atoms with E-state index in [1.807, 2.05) is 6.92 Å². The predicted octanol–water partition coefficient (Wildman–Crippen LogP) is 3.59. The van der Waals surface area contributed by atoms with Crippen LogP contribution in [-0.2, 0) is 9.53 Å². The molecule has 2 rings (SSSR count). The summed E-state index contributed by atoms with van der Waals surface area (Å²) in [5, 5.41) is 4.04. The number of ether oxygens (including phenoxy) is 1. The zero-order valence-corrected chi connectivity index (χ0v) is 12.1. The summed E-state index contributed by atoms with van der Waals surface area (Å²) in [6.07, 6.45) is -1.43. The Morgan fingerprint density at radius 1 is 1.50 bits per heavy atom. The Kier molecular flexibility index (Phi) is 4.52. The number of hydrogen-bond acceptors (Lipinski definition) is 3. The molecular formula is C13H13Cl2F2NO2. The van der Waals surface area contributed by atoms with Crippen molar-refractivity contribution >= 4 is 29.2 Å². The second-order valence-corrected chi connectivity index (χ2v) is 5.58. The van der Waals surface area contributed by atoms with Crippen molar-refractivity contribution in [1.82, 2.24) is 5.32 Å². The van der Waals surface area contributed by atoms with Crippen molar-refractivity contribution in [3.63, 3.8) is 0 Å². The van der Waals surface area contributed by atoms with E-state index in [1.54, 1.807) is 18.2 Å². The third kappa shape index (κ3) is 3.40. The highest BCUT2D eigenvalue weighted by molar-refractivity contribution is 6.35. The largest absolute Gasteiger partial charge is 0.456 e. The van der Waals surface area contributed by atoms with E-state index < -0.39 is 24.4 Å². The Morgan fingerprint density at radius 3 is 2.75 bits per heavy atom. The van der Waals surface area contributed by atoms with Crippen LogP contribution in [0.25, 0.3) is 0 Å². The first-order valence-corrected chi connectivity index (χ1v) is 6.82. The molecule has 0 aliphatic carbocycles. The van der Waals surface area contributed by atoms with Crippen molar-refractivity contribution < 1.29 is 18.3 Å². The minimum Gasteiger partial charge on any atom is -0.456 e. The van der Waals surface area contributed by atoms with Gasteiger partial charge in [-0.25, -0.2) is 4.79 Å². The van der Waals surface area contributed by atoms with Gasteiger partial charge in [-0.3, -0.25) is 0 Å². The molecule has 1 N–H and O–H groups in total. The Balaban J connectivity index is 1.93. The summed E-state index contributed by atoms with van der Waals surface area (Å²) in [7, 11) is 0. The van der Waals surface area contributed by atoms with Gasteiger partial charge >= 0.3 is 11.9 Å². The van der Waals surface area contributed by atoms with Gasteiger partial charge in [-0.2, -0.15) is 8.78 Å². The minimum atomic E-state index is -3.38.